The van der Waals surface area contributed by atoms with Crippen LogP contribution in [0.3, 0.4) is 0 Å². The molecule has 0 saturated heterocycles. The fourth-order valence-electron chi connectivity index (χ4n) is 3.19. The lowest BCUT2D eigenvalue weighted by Crippen LogP contribution is -2.10. The fraction of sp³-hybridized carbons (Fsp3) is 0.160. The molecular formula is C25H25N5. The maximum Gasteiger partial charge on any atom is 0.225 e. The summed E-state index contributed by atoms with van der Waals surface area (Å²) < 4.78 is 0. The predicted molar refractivity (Wildman–Crippen MR) is 122 cm³/mol. The predicted octanol–water partition coefficient (Wildman–Crippen LogP) is 5.20. The summed E-state index contributed by atoms with van der Waals surface area (Å²) in [4.78, 5) is 13.7. The van der Waals surface area contributed by atoms with Crippen LogP contribution in [0.2, 0.25) is 0 Å². The molecule has 2 aromatic carbocycles. The van der Waals surface area contributed by atoms with Crippen molar-refractivity contribution in [1.82, 2.24) is 15.0 Å². The number of anilines is 2. The number of aromatic nitrogens is 3. The van der Waals surface area contributed by atoms with E-state index in [1.807, 2.05) is 48.5 Å². The second kappa shape index (κ2) is 10.2. The molecule has 5 nitrogen and oxygen atoms in total. The molecule has 0 unspecified atom stereocenters. The number of pyridine rings is 1. The van der Waals surface area contributed by atoms with Gasteiger partial charge in [0.15, 0.2) is 0 Å². The van der Waals surface area contributed by atoms with Crippen LogP contribution in [0.4, 0.5) is 11.8 Å². The standard InChI is InChI=1S/C25H25N5/c1-3-10-20(11-4-1)12-9-17-27-25-29-23(21-13-5-2-6-14-21)18-24(30-25)28-19-22-15-7-8-16-26-22/h1-8,10-11,13-16,18H,9,12,17,19H2,(H2,27,28,29,30). The van der Waals surface area contributed by atoms with Crippen LogP contribution < -0.4 is 10.6 Å². The highest BCUT2D eigenvalue weighted by molar-refractivity contribution is 5.64. The van der Waals surface area contributed by atoms with Gasteiger partial charge in [0, 0.05) is 24.4 Å². The van der Waals surface area contributed by atoms with Gasteiger partial charge >= 0.3 is 0 Å². The maximum atomic E-state index is 4.73. The van der Waals surface area contributed by atoms with Gasteiger partial charge in [-0.3, -0.25) is 4.98 Å². The molecule has 0 fully saturated rings. The maximum absolute atomic E-state index is 4.73. The van der Waals surface area contributed by atoms with Crippen molar-refractivity contribution < 1.29 is 0 Å². The van der Waals surface area contributed by atoms with Gasteiger partial charge in [-0.2, -0.15) is 4.98 Å². The molecule has 5 heteroatoms. The van der Waals surface area contributed by atoms with Crippen molar-refractivity contribution in [3.05, 3.63) is 102 Å². The van der Waals surface area contributed by atoms with Crippen LogP contribution in [0.1, 0.15) is 17.7 Å². The zero-order chi connectivity index (χ0) is 20.4. The number of rotatable bonds is 9. The van der Waals surface area contributed by atoms with E-state index in [0.29, 0.717) is 12.5 Å². The Kier molecular flexibility index (Phi) is 6.63. The Labute approximate surface area is 177 Å². The molecule has 2 N–H and O–H groups in total. The SMILES string of the molecule is c1ccc(CCCNc2nc(NCc3ccccn3)cc(-c3ccccc3)n2)cc1. The summed E-state index contributed by atoms with van der Waals surface area (Å²) in [5.74, 6) is 1.41. The third kappa shape index (κ3) is 5.64. The van der Waals surface area contributed by atoms with Crippen molar-refractivity contribution in [2.75, 3.05) is 17.2 Å². The minimum absolute atomic E-state index is 0.611. The van der Waals surface area contributed by atoms with Crippen LogP contribution >= 0.6 is 0 Å². The molecule has 0 saturated carbocycles. The first kappa shape index (κ1) is 19.6. The average molecular weight is 396 g/mol. The molecular weight excluding hydrogens is 370 g/mol. The summed E-state index contributed by atoms with van der Waals surface area (Å²) in [6.07, 6.45) is 3.84. The Balaban J connectivity index is 1.45. The summed E-state index contributed by atoms with van der Waals surface area (Å²) in [6, 6.07) is 28.6. The van der Waals surface area contributed by atoms with Gasteiger partial charge in [0.1, 0.15) is 5.82 Å². The largest absolute Gasteiger partial charge is 0.364 e. The van der Waals surface area contributed by atoms with Gasteiger partial charge in [-0.05, 0) is 30.5 Å². The zero-order valence-electron chi connectivity index (χ0n) is 16.8. The lowest BCUT2D eigenvalue weighted by molar-refractivity contribution is 0.853. The highest BCUT2D eigenvalue weighted by Crippen LogP contribution is 2.21. The molecule has 4 rings (SSSR count). The van der Waals surface area contributed by atoms with Gasteiger partial charge < -0.3 is 10.6 Å². The molecule has 4 aromatic rings. The van der Waals surface area contributed by atoms with Crippen molar-refractivity contribution in [3.8, 4) is 11.3 Å². The Morgan fingerprint density at radius 2 is 1.50 bits per heavy atom. The Hall–Kier alpha value is -3.73. The van der Waals surface area contributed by atoms with E-state index < -0.39 is 0 Å². The molecule has 150 valence electrons. The van der Waals surface area contributed by atoms with Gasteiger partial charge in [-0.25, -0.2) is 4.98 Å². The Morgan fingerprint density at radius 1 is 0.733 bits per heavy atom. The van der Waals surface area contributed by atoms with Gasteiger partial charge in [-0.1, -0.05) is 66.7 Å². The molecule has 0 atom stereocenters. The number of aryl methyl sites for hydroxylation is 1. The van der Waals surface area contributed by atoms with E-state index >= 15 is 0 Å². The Bertz CT molecular complexity index is 1040. The molecule has 2 heterocycles. The van der Waals surface area contributed by atoms with Crippen molar-refractivity contribution in [2.24, 2.45) is 0 Å². The third-order valence-electron chi connectivity index (χ3n) is 4.74. The second-order valence-electron chi connectivity index (χ2n) is 7.02. The number of benzene rings is 2. The third-order valence-corrected chi connectivity index (χ3v) is 4.74. The van der Waals surface area contributed by atoms with E-state index in [4.69, 9.17) is 4.98 Å². The summed E-state index contributed by atoms with van der Waals surface area (Å²) in [5.41, 5.74) is 4.26. The second-order valence-corrected chi connectivity index (χ2v) is 7.02. The minimum atomic E-state index is 0.611. The first-order valence-corrected chi connectivity index (χ1v) is 10.2. The van der Waals surface area contributed by atoms with Crippen molar-refractivity contribution in [1.29, 1.82) is 0 Å². The van der Waals surface area contributed by atoms with Crippen LogP contribution in [-0.2, 0) is 13.0 Å². The molecule has 2 aromatic heterocycles. The molecule has 0 radical (unpaired) electrons. The van der Waals surface area contributed by atoms with E-state index in [-0.39, 0.29) is 0 Å². The van der Waals surface area contributed by atoms with Gasteiger partial charge in [0.2, 0.25) is 5.95 Å². The normalized spacial score (nSPS) is 10.5. The van der Waals surface area contributed by atoms with E-state index in [9.17, 15) is 0 Å². The average Bonchev–Trinajstić information content (AvgIpc) is 2.82. The fourth-order valence-corrected chi connectivity index (χ4v) is 3.19. The van der Waals surface area contributed by atoms with Gasteiger partial charge in [0.25, 0.3) is 0 Å². The number of hydrogen-bond donors (Lipinski definition) is 2. The molecule has 0 amide bonds. The van der Waals surface area contributed by atoms with Crippen LogP contribution in [0.5, 0.6) is 0 Å². The van der Waals surface area contributed by atoms with E-state index in [2.05, 4.69) is 57.0 Å². The molecule has 0 aliphatic carbocycles. The van der Waals surface area contributed by atoms with Crippen LogP contribution in [0, 0.1) is 0 Å². The molecule has 0 bridgehead atoms. The topological polar surface area (TPSA) is 62.7 Å². The monoisotopic (exact) mass is 395 g/mol. The lowest BCUT2D eigenvalue weighted by atomic mass is 10.1. The summed E-state index contributed by atoms with van der Waals surface area (Å²) in [7, 11) is 0. The number of nitrogens with one attached hydrogen (secondary N) is 2. The quantitative estimate of drug-likeness (QED) is 0.382. The molecule has 0 aliphatic heterocycles. The summed E-state index contributed by atoms with van der Waals surface area (Å²) >= 11 is 0. The van der Waals surface area contributed by atoms with Gasteiger partial charge in [0.05, 0.1) is 17.9 Å². The molecule has 0 spiro atoms. The highest BCUT2D eigenvalue weighted by atomic mass is 15.1. The van der Waals surface area contributed by atoms with Gasteiger partial charge in [-0.15, -0.1) is 0 Å². The smallest absolute Gasteiger partial charge is 0.225 e. The van der Waals surface area contributed by atoms with Crippen molar-refractivity contribution in [3.63, 3.8) is 0 Å². The van der Waals surface area contributed by atoms with Crippen LogP contribution in [-0.4, -0.2) is 21.5 Å². The van der Waals surface area contributed by atoms with E-state index in [1.165, 1.54) is 5.56 Å². The summed E-state index contributed by atoms with van der Waals surface area (Å²) in [6.45, 7) is 1.42. The van der Waals surface area contributed by atoms with E-state index in [1.54, 1.807) is 6.20 Å². The summed E-state index contributed by atoms with van der Waals surface area (Å²) in [5, 5.41) is 6.76. The van der Waals surface area contributed by atoms with Crippen molar-refractivity contribution >= 4 is 11.8 Å². The number of hydrogen-bond acceptors (Lipinski definition) is 5. The van der Waals surface area contributed by atoms with Crippen molar-refractivity contribution in [2.45, 2.75) is 19.4 Å². The van der Waals surface area contributed by atoms with Crippen LogP contribution in [0.15, 0.2) is 91.1 Å². The van der Waals surface area contributed by atoms with Crippen LogP contribution in [0.25, 0.3) is 11.3 Å². The zero-order valence-corrected chi connectivity index (χ0v) is 16.8. The highest BCUT2D eigenvalue weighted by Gasteiger charge is 2.07. The first-order valence-electron chi connectivity index (χ1n) is 10.2. The lowest BCUT2D eigenvalue weighted by Gasteiger charge is -2.11. The first-order chi connectivity index (χ1) is 14.9. The van der Waals surface area contributed by atoms with E-state index in [0.717, 1.165) is 42.2 Å². The molecule has 30 heavy (non-hydrogen) atoms. The Morgan fingerprint density at radius 3 is 2.27 bits per heavy atom. The minimum Gasteiger partial charge on any atom is -0.364 e. The number of nitrogens with zero attached hydrogens (tertiary/aromatic N) is 3. The molecule has 0 aliphatic rings.